The molecule has 144 valence electrons. The smallest absolute Gasteiger partial charge is 0.273 e. The number of hydrogen-bond acceptors (Lipinski definition) is 8. The first kappa shape index (κ1) is 19.3. The molecule has 0 aliphatic heterocycles. The van der Waals surface area contributed by atoms with Crippen molar-refractivity contribution in [3.05, 3.63) is 58.1 Å². The van der Waals surface area contributed by atoms with Crippen LogP contribution in [-0.4, -0.2) is 43.9 Å². The molecular formula is C17H16N6O4S. The summed E-state index contributed by atoms with van der Waals surface area (Å²) < 4.78 is 6.66. The van der Waals surface area contributed by atoms with Crippen molar-refractivity contribution in [2.45, 2.75) is 12.1 Å². The van der Waals surface area contributed by atoms with E-state index in [9.17, 15) is 14.9 Å². The van der Waals surface area contributed by atoms with Crippen molar-refractivity contribution in [1.82, 2.24) is 20.2 Å². The van der Waals surface area contributed by atoms with Gasteiger partial charge in [0, 0.05) is 6.07 Å². The first-order valence-corrected chi connectivity index (χ1v) is 9.07. The van der Waals surface area contributed by atoms with Gasteiger partial charge in [-0.15, -0.1) is 5.10 Å². The summed E-state index contributed by atoms with van der Waals surface area (Å²) in [6, 6.07) is 11.6. The molecule has 2 aromatic carbocycles. The van der Waals surface area contributed by atoms with Crippen molar-refractivity contribution in [2.75, 3.05) is 18.2 Å². The van der Waals surface area contributed by atoms with Crippen LogP contribution in [0.15, 0.2) is 47.6 Å². The molecule has 0 saturated heterocycles. The molecule has 0 fully saturated rings. The molecule has 3 rings (SSSR count). The third-order valence-electron chi connectivity index (χ3n) is 3.72. The van der Waals surface area contributed by atoms with E-state index in [1.807, 2.05) is 31.2 Å². The lowest BCUT2D eigenvalue weighted by atomic mass is 10.2. The number of aromatic nitrogens is 4. The normalized spacial score (nSPS) is 10.5. The van der Waals surface area contributed by atoms with Crippen molar-refractivity contribution in [3.8, 4) is 11.4 Å². The number of nitrogens with one attached hydrogen (secondary N) is 1. The van der Waals surface area contributed by atoms with E-state index in [2.05, 4.69) is 20.8 Å². The predicted molar refractivity (Wildman–Crippen MR) is 103 cm³/mol. The number of nitro groups is 1. The number of tetrazole rings is 1. The Morgan fingerprint density at radius 3 is 2.71 bits per heavy atom. The van der Waals surface area contributed by atoms with Gasteiger partial charge in [0.25, 0.3) is 5.69 Å². The second-order valence-electron chi connectivity index (χ2n) is 5.69. The Bertz CT molecular complexity index is 1010. The van der Waals surface area contributed by atoms with E-state index >= 15 is 0 Å². The SMILES string of the molecule is COc1cc([N+](=O)[O-])ccc1NC(=O)CSc1nnnn1-c1ccc(C)cc1. The molecule has 1 N–H and O–H groups in total. The van der Waals surface area contributed by atoms with E-state index in [1.54, 1.807) is 4.68 Å². The van der Waals surface area contributed by atoms with Crippen molar-refractivity contribution >= 4 is 29.0 Å². The van der Waals surface area contributed by atoms with Crippen LogP contribution < -0.4 is 10.1 Å². The highest BCUT2D eigenvalue weighted by atomic mass is 32.2. The van der Waals surface area contributed by atoms with Gasteiger partial charge in [-0.2, -0.15) is 4.68 Å². The molecule has 0 atom stereocenters. The molecule has 3 aromatic rings. The number of nitro benzene ring substituents is 1. The molecule has 0 saturated carbocycles. The van der Waals surface area contributed by atoms with Crippen LogP contribution in [0.5, 0.6) is 5.75 Å². The first-order chi connectivity index (χ1) is 13.5. The summed E-state index contributed by atoms with van der Waals surface area (Å²) in [5.74, 6) is -0.0699. The number of carbonyl (C=O) groups excluding carboxylic acids is 1. The van der Waals surface area contributed by atoms with Gasteiger partial charge in [0.1, 0.15) is 5.75 Å². The molecule has 0 bridgehead atoms. The highest BCUT2D eigenvalue weighted by Gasteiger charge is 2.15. The number of nitrogens with zero attached hydrogens (tertiary/aromatic N) is 5. The van der Waals surface area contributed by atoms with Gasteiger partial charge in [-0.3, -0.25) is 14.9 Å². The van der Waals surface area contributed by atoms with Gasteiger partial charge in [-0.1, -0.05) is 29.5 Å². The molecule has 0 unspecified atom stereocenters. The molecule has 0 aliphatic carbocycles. The van der Waals surface area contributed by atoms with Crippen LogP contribution >= 0.6 is 11.8 Å². The number of carbonyl (C=O) groups is 1. The number of thioether (sulfide) groups is 1. The highest BCUT2D eigenvalue weighted by molar-refractivity contribution is 7.99. The van der Waals surface area contributed by atoms with Crippen LogP contribution in [0.3, 0.4) is 0 Å². The molecule has 1 amide bonds. The summed E-state index contributed by atoms with van der Waals surface area (Å²) in [7, 11) is 1.37. The summed E-state index contributed by atoms with van der Waals surface area (Å²) in [6.45, 7) is 1.98. The van der Waals surface area contributed by atoms with Gasteiger partial charge in [-0.25, -0.2) is 0 Å². The second kappa shape index (κ2) is 8.48. The molecule has 1 aromatic heterocycles. The summed E-state index contributed by atoms with van der Waals surface area (Å²) in [5, 5.41) is 25.5. The average molecular weight is 400 g/mol. The van der Waals surface area contributed by atoms with Crippen LogP contribution in [0, 0.1) is 17.0 Å². The van der Waals surface area contributed by atoms with E-state index in [0.29, 0.717) is 10.8 Å². The van der Waals surface area contributed by atoms with Crippen LogP contribution in [-0.2, 0) is 4.79 Å². The Hall–Kier alpha value is -3.47. The number of benzene rings is 2. The summed E-state index contributed by atoms with van der Waals surface area (Å²) >= 11 is 1.17. The second-order valence-corrected chi connectivity index (χ2v) is 6.63. The van der Waals surface area contributed by atoms with Crippen molar-refractivity contribution < 1.29 is 14.5 Å². The van der Waals surface area contributed by atoms with Gasteiger partial charge >= 0.3 is 0 Å². The Kier molecular flexibility index (Phi) is 5.84. The minimum Gasteiger partial charge on any atom is -0.494 e. The zero-order chi connectivity index (χ0) is 20.1. The van der Waals surface area contributed by atoms with Crippen LogP contribution in [0.25, 0.3) is 5.69 Å². The lowest BCUT2D eigenvalue weighted by Crippen LogP contribution is -2.15. The molecule has 10 nitrogen and oxygen atoms in total. The number of ether oxygens (including phenoxy) is 1. The van der Waals surface area contributed by atoms with Gasteiger partial charge in [0.2, 0.25) is 11.1 Å². The van der Waals surface area contributed by atoms with E-state index in [4.69, 9.17) is 4.74 Å². The van der Waals surface area contributed by atoms with Gasteiger partial charge in [0.05, 0.1) is 35.2 Å². The fourth-order valence-electron chi connectivity index (χ4n) is 2.33. The minimum absolute atomic E-state index is 0.0480. The topological polar surface area (TPSA) is 125 Å². The maximum atomic E-state index is 12.3. The largest absolute Gasteiger partial charge is 0.494 e. The summed E-state index contributed by atoms with van der Waals surface area (Å²) in [5.41, 5.74) is 2.12. The maximum absolute atomic E-state index is 12.3. The maximum Gasteiger partial charge on any atom is 0.273 e. The lowest BCUT2D eigenvalue weighted by molar-refractivity contribution is -0.384. The minimum atomic E-state index is -0.533. The number of amides is 1. The molecule has 0 radical (unpaired) electrons. The Morgan fingerprint density at radius 1 is 1.29 bits per heavy atom. The number of anilines is 1. The fraction of sp³-hybridized carbons (Fsp3) is 0.176. The Morgan fingerprint density at radius 2 is 2.04 bits per heavy atom. The summed E-state index contributed by atoms with van der Waals surface area (Å²) in [6.07, 6.45) is 0. The highest BCUT2D eigenvalue weighted by Crippen LogP contribution is 2.29. The summed E-state index contributed by atoms with van der Waals surface area (Å²) in [4.78, 5) is 22.6. The quantitative estimate of drug-likeness (QED) is 0.364. The lowest BCUT2D eigenvalue weighted by Gasteiger charge is -2.10. The fourth-order valence-corrected chi connectivity index (χ4v) is 3.02. The van der Waals surface area contributed by atoms with E-state index < -0.39 is 4.92 Å². The Balaban J connectivity index is 1.67. The van der Waals surface area contributed by atoms with Gasteiger partial charge < -0.3 is 10.1 Å². The first-order valence-electron chi connectivity index (χ1n) is 8.08. The Labute approximate surface area is 164 Å². The third kappa shape index (κ3) is 4.43. The number of methoxy groups -OCH3 is 1. The van der Waals surface area contributed by atoms with Crippen molar-refractivity contribution in [2.24, 2.45) is 0 Å². The number of rotatable bonds is 7. The van der Waals surface area contributed by atoms with E-state index in [1.165, 1.54) is 37.1 Å². The third-order valence-corrected chi connectivity index (χ3v) is 4.64. The monoisotopic (exact) mass is 400 g/mol. The van der Waals surface area contributed by atoms with Crippen LogP contribution in [0.1, 0.15) is 5.56 Å². The molecule has 0 spiro atoms. The molecule has 11 heteroatoms. The van der Waals surface area contributed by atoms with E-state index in [-0.39, 0.29) is 23.1 Å². The van der Waals surface area contributed by atoms with Gasteiger partial charge in [0.15, 0.2) is 0 Å². The molecule has 0 aliphatic rings. The number of hydrogen-bond donors (Lipinski definition) is 1. The van der Waals surface area contributed by atoms with E-state index in [0.717, 1.165) is 11.3 Å². The van der Waals surface area contributed by atoms with Crippen molar-refractivity contribution in [3.63, 3.8) is 0 Å². The number of aryl methyl sites for hydroxylation is 1. The average Bonchev–Trinajstić information content (AvgIpc) is 3.15. The number of non-ortho nitro benzene ring substituents is 1. The zero-order valence-corrected chi connectivity index (χ0v) is 15.8. The van der Waals surface area contributed by atoms with Crippen molar-refractivity contribution in [1.29, 1.82) is 0 Å². The van der Waals surface area contributed by atoms with Crippen LogP contribution in [0.2, 0.25) is 0 Å². The molecular weight excluding hydrogens is 384 g/mol. The van der Waals surface area contributed by atoms with Crippen LogP contribution in [0.4, 0.5) is 11.4 Å². The predicted octanol–water partition coefficient (Wildman–Crippen LogP) is 2.62. The molecule has 28 heavy (non-hydrogen) atoms. The molecule has 1 heterocycles. The zero-order valence-electron chi connectivity index (χ0n) is 15.0. The van der Waals surface area contributed by atoms with Gasteiger partial charge in [-0.05, 0) is 35.5 Å². The standard InChI is InChI=1S/C17H16N6O4S/c1-11-3-5-12(6-4-11)22-17(19-20-21-22)28-10-16(24)18-14-8-7-13(23(25)26)9-15(14)27-2/h3-9H,10H2,1-2H3,(H,18,24).